The Morgan fingerprint density at radius 2 is 2.50 bits per heavy atom. The van der Waals surface area contributed by atoms with Crippen LogP contribution in [0.15, 0.2) is 24.5 Å². The fraction of sp³-hybridized carbons (Fsp3) is 0.385. The SMILES string of the molecule is O=C(NCC1CCCS1)c1ccc2nc[nH]c2c1. The second-order valence-electron chi connectivity index (χ2n) is 4.48. The molecule has 2 aromatic rings. The summed E-state index contributed by atoms with van der Waals surface area (Å²) in [7, 11) is 0. The van der Waals surface area contributed by atoms with E-state index < -0.39 is 0 Å². The minimum absolute atomic E-state index is 0.000926. The highest BCUT2D eigenvalue weighted by Gasteiger charge is 2.16. The van der Waals surface area contributed by atoms with Gasteiger partial charge in [-0.3, -0.25) is 4.79 Å². The van der Waals surface area contributed by atoms with Crippen LogP contribution in [-0.4, -0.2) is 33.4 Å². The molecule has 5 heteroatoms. The molecule has 1 amide bonds. The van der Waals surface area contributed by atoms with Crippen molar-refractivity contribution in [1.82, 2.24) is 15.3 Å². The smallest absolute Gasteiger partial charge is 0.251 e. The molecule has 3 rings (SSSR count). The molecule has 18 heavy (non-hydrogen) atoms. The van der Waals surface area contributed by atoms with E-state index in [-0.39, 0.29) is 5.91 Å². The number of benzene rings is 1. The molecule has 1 aliphatic rings. The molecule has 1 atom stereocenters. The van der Waals surface area contributed by atoms with E-state index in [1.54, 1.807) is 6.33 Å². The summed E-state index contributed by atoms with van der Waals surface area (Å²) in [6, 6.07) is 5.53. The number of imidazole rings is 1. The maximum Gasteiger partial charge on any atom is 0.251 e. The highest BCUT2D eigenvalue weighted by atomic mass is 32.2. The van der Waals surface area contributed by atoms with Gasteiger partial charge in [-0.15, -0.1) is 0 Å². The fourth-order valence-electron chi connectivity index (χ4n) is 2.19. The molecule has 1 aromatic carbocycles. The van der Waals surface area contributed by atoms with E-state index in [9.17, 15) is 4.79 Å². The summed E-state index contributed by atoms with van der Waals surface area (Å²) in [5, 5.41) is 3.59. The minimum Gasteiger partial charge on any atom is -0.351 e. The van der Waals surface area contributed by atoms with Crippen LogP contribution < -0.4 is 5.32 Å². The summed E-state index contributed by atoms with van der Waals surface area (Å²) in [5.74, 6) is 1.22. The van der Waals surface area contributed by atoms with Crippen molar-refractivity contribution in [2.75, 3.05) is 12.3 Å². The number of carbonyl (C=O) groups is 1. The zero-order valence-electron chi connectivity index (χ0n) is 9.98. The maximum absolute atomic E-state index is 12.0. The van der Waals surface area contributed by atoms with Gasteiger partial charge in [0.1, 0.15) is 0 Å². The van der Waals surface area contributed by atoms with Crippen LogP contribution in [0, 0.1) is 0 Å². The van der Waals surface area contributed by atoms with Crippen LogP contribution in [0.4, 0.5) is 0 Å². The number of hydrogen-bond donors (Lipinski definition) is 2. The normalized spacial score (nSPS) is 19.2. The van der Waals surface area contributed by atoms with Gasteiger partial charge in [-0.05, 0) is 36.8 Å². The van der Waals surface area contributed by atoms with E-state index in [0.29, 0.717) is 10.8 Å². The number of rotatable bonds is 3. The molecule has 1 aliphatic heterocycles. The van der Waals surface area contributed by atoms with Crippen molar-refractivity contribution >= 4 is 28.7 Å². The first-order chi connectivity index (χ1) is 8.83. The molecule has 2 heterocycles. The predicted molar refractivity (Wildman–Crippen MR) is 73.9 cm³/mol. The van der Waals surface area contributed by atoms with Crippen LogP contribution in [0.1, 0.15) is 23.2 Å². The average molecular weight is 261 g/mol. The lowest BCUT2D eigenvalue weighted by Gasteiger charge is -2.10. The second-order valence-corrected chi connectivity index (χ2v) is 5.89. The van der Waals surface area contributed by atoms with Crippen LogP contribution in [0.3, 0.4) is 0 Å². The molecule has 0 radical (unpaired) electrons. The van der Waals surface area contributed by atoms with Gasteiger partial charge in [0.2, 0.25) is 0 Å². The second kappa shape index (κ2) is 5.02. The third kappa shape index (κ3) is 2.36. The monoisotopic (exact) mass is 261 g/mol. The van der Waals surface area contributed by atoms with Crippen LogP contribution in [0.2, 0.25) is 0 Å². The number of nitrogens with one attached hydrogen (secondary N) is 2. The Bertz CT molecular complexity index is 560. The number of nitrogens with zero attached hydrogens (tertiary/aromatic N) is 1. The molecule has 0 bridgehead atoms. The largest absolute Gasteiger partial charge is 0.351 e. The maximum atomic E-state index is 12.0. The molecule has 2 N–H and O–H groups in total. The third-order valence-corrected chi connectivity index (χ3v) is 4.59. The number of aromatic nitrogens is 2. The van der Waals surface area contributed by atoms with Crippen molar-refractivity contribution in [3.63, 3.8) is 0 Å². The van der Waals surface area contributed by atoms with Gasteiger partial charge in [0.05, 0.1) is 17.4 Å². The molecule has 1 aromatic heterocycles. The molecule has 4 nitrogen and oxygen atoms in total. The molecule has 0 spiro atoms. The minimum atomic E-state index is -0.000926. The third-order valence-electron chi connectivity index (χ3n) is 3.20. The quantitative estimate of drug-likeness (QED) is 0.890. The first kappa shape index (κ1) is 11.6. The first-order valence-electron chi connectivity index (χ1n) is 6.16. The lowest BCUT2D eigenvalue weighted by molar-refractivity contribution is 0.0954. The van der Waals surface area contributed by atoms with Crippen LogP contribution in [0.25, 0.3) is 11.0 Å². The van der Waals surface area contributed by atoms with E-state index in [0.717, 1.165) is 17.6 Å². The van der Waals surface area contributed by atoms with E-state index in [1.807, 2.05) is 30.0 Å². The fourth-order valence-corrected chi connectivity index (χ4v) is 3.39. The lowest BCUT2D eigenvalue weighted by atomic mass is 10.2. The van der Waals surface area contributed by atoms with E-state index >= 15 is 0 Å². The van der Waals surface area contributed by atoms with Crippen molar-refractivity contribution in [3.05, 3.63) is 30.1 Å². The molecule has 1 saturated heterocycles. The van der Waals surface area contributed by atoms with Crippen molar-refractivity contribution in [2.24, 2.45) is 0 Å². The Balaban J connectivity index is 1.67. The van der Waals surface area contributed by atoms with E-state index in [1.165, 1.54) is 18.6 Å². The Morgan fingerprint density at radius 3 is 3.33 bits per heavy atom. The van der Waals surface area contributed by atoms with Gasteiger partial charge in [0, 0.05) is 17.4 Å². The van der Waals surface area contributed by atoms with Crippen LogP contribution in [0.5, 0.6) is 0 Å². The molecule has 1 fully saturated rings. The average Bonchev–Trinajstić information content (AvgIpc) is 3.05. The van der Waals surface area contributed by atoms with Gasteiger partial charge in [0.25, 0.3) is 5.91 Å². The first-order valence-corrected chi connectivity index (χ1v) is 7.21. The summed E-state index contributed by atoms with van der Waals surface area (Å²) in [6.07, 6.45) is 4.12. The summed E-state index contributed by atoms with van der Waals surface area (Å²) < 4.78 is 0. The zero-order chi connectivity index (χ0) is 12.4. The predicted octanol–water partition coefficient (Wildman–Crippen LogP) is 2.19. The Kier molecular flexibility index (Phi) is 3.23. The number of fused-ring (bicyclic) bond motifs is 1. The van der Waals surface area contributed by atoms with E-state index in [4.69, 9.17) is 0 Å². The highest BCUT2D eigenvalue weighted by Crippen LogP contribution is 2.25. The van der Waals surface area contributed by atoms with Crippen LogP contribution in [-0.2, 0) is 0 Å². The van der Waals surface area contributed by atoms with Gasteiger partial charge in [-0.1, -0.05) is 0 Å². The molecule has 94 valence electrons. The molecule has 0 aliphatic carbocycles. The molecule has 0 saturated carbocycles. The topological polar surface area (TPSA) is 57.8 Å². The number of H-pyrrole nitrogens is 1. The standard InChI is InChI=1S/C13H15N3OS/c17-13(14-7-10-2-1-5-18-10)9-3-4-11-12(6-9)16-8-15-11/h3-4,6,8,10H,1-2,5,7H2,(H,14,17)(H,15,16). The van der Waals surface area contributed by atoms with Crippen molar-refractivity contribution < 1.29 is 4.79 Å². The summed E-state index contributed by atoms with van der Waals surface area (Å²) in [4.78, 5) is 19.2. The summed E-state index contributed by atoms with van der Waals surface area (Å²) >= 11 is 1.95. The Hall–Kier alpha value is -1.49. The van der Waals surface area contributed by atoms with Gasteiger partial charge in [-0.25, -0.2) is 4.98 Å². The number of carbonyl (C=O) groups excluding carboxylic acids is 1. The van der Waals surface area contributed by atoms with E-state index in [2.05, 4.69) is 15.3 Å². The van der Waals surface area contributed by atoms with Gasteiger partial charge in [0.15, 0.2) is 0 Å². The van der Waals surface area contributed by atoms with Crippen molar-refractivity contribution in [2.45, 2.75) is 18.1 Å². The van der Waals surface area contributed by atoms with Gasteiger partial charge < -0.3 is 10.3 Å². The molecular formula is C13H15N3OS. The number of aromatic amines is 1. The van der Waals surface area contributed by atoms with Crippen molar-refractivity contribution in [3.8, 4) is 0 Å². The zero-order valence-corrected chi connectivity index (χ0v) is 10.8. The van der Waals surface area contributed by atoms with Crippen molar-refractivity contribution in [1.29, 1.82) is 0 Å². The lowest BCUT2D eigenvalue weighted by Crippen LogP contribution is -2.29. The summed E-state index contributed by atoms with van der Waals surface area (Å²) in [6.45, 7) is 0.768. The Labute approximate surface area is 110 Å². The molecule has 1 unspecified atom stereocenters. The highest BCUT2D eigenvalue weighted by molar-refractivity contribution is 8.00. The number of hydrogen-bond acceptors (Lipinski definition) is 3. The number of thioether (sulfide) groups is 1. The van der Waals surface area contributed by atoms with Gasteiger partial charge in [-0.2, -0.15) is 11.8 Å². The molecular weight excluding hydrogens is 246 g/mol. The van der Waals surface area contributed by atoms with Crippen LogP contribution >= 0.6 is 11.8 Å². The number of amides is 1. The Morgan fingerprint density at radius 1 is 1.56 bits per heavy atom. The van der Waals surface area contributed by atoms with Gasteiger partial charge >= 0.3 is 0 Å². The summed E-state index contributed by atoms with van der Waals surface area (Å²) in [5.41, 5.74) is 2.48.